The first-order valence-corrected chi connectivity index (χ1v) is 14.8. The van der Waals surface area contributed by atoms with Crippen LogP contribution >= 0.6 is 0 Å². The van der Waals surface area contributed by atoms with Gasteiger partial charge < -0.3 is 15.0 Å². The number of ether oxygens (including phenoxy) is 1. The minimum Gasteiger partial charge on any atom is -0.491 e. The number of amides is 1. The average Bonchev–Trinajstić information content (AvgIpc) is 3.52. The summed E-state index contributed by atoms with van der Waals surface area (Å²) in [5.41, 5.74) is 1.82. The third-order valence-corrected chi connectivity index (χ3v) is 8.99. The van der Waals surface area contributed by atoms with Crippen LogP contribution in [0.25, 0.3) is 6.08 Å². The van der Waals surface area contributed by atoms with Crippen LogP contribution in [-0.4, -0.2) is 39.4 Å². The molecule has 224 valence electrons. The largest absolute Gasteiger partial charge is 0.491 e. The molecule has 1 saturated heterocycles. The van der Waals surface area contributed by atoms with E-state index in [1.807, 2.05) is 73.5 Å². The first-order chi connectivity index (χ1) is 21.7. The van der Waals surface area contributed by atoms with E-state index in [2.05, 4.69) is 5.32 Å². The van der Waals surface area contributed by atoms with Gasteiger partial charge in [-0.25, -0.2) is 0 Å². The van der Waals surface area contributed by atoms with Gasteiger partial charge in [0.05, 0.1) is 23.0 Å². The van der Waals surface area contributed by atoms with Crippen molar-refractivity contribution in [2.45, 2.75) is 37.5 Å². The normalized spacial score (nSPS) is 22.5. The van der Waals surface area contributed by atoms with Crippen LogP contribution in [0.4, 0.5) is 11.4 Å². The van der Waals surface area contributed by atoms with Crippen molar-refractivity contribution in [3.63, 3.8) is 0 Å². The number of para-hydroxylation sites is 1. The van der Waals surface area contributed by atoms with Gasteiger partial charge in [-0.3, -0.25) is 24.5 Å². The van der Waals surface area contributed by atoms with E-state index in [0.29, 0.717) is 22.6 Å². The lowest BCUT2D eigenvalue weighted by Crippen LogP contribution is -2.49. The molecular formula is C36H29N3O6. The number of Topliss-reactive ketones (excluding diaryl/α,β-unsaturated/α-hetero) is 2. The predicted octanol–water partition coefficient (Wildman–Crippen LogP) is 6.36. The van der Waals surface area contributed by atoms with E-state index < -0.39 is 34.1 Å². The number of anilines is 1. The molecule has 4 aromatic carbocycles. The molecule has 45 heavy (non-hydrogen) atoms. The molecule has 1 N–H and O–H groups in total. The molecule has 0 aromatic heterocycles. The molecule has 0 radical (unpaired) electrons. The minimum atomic E-state index is -1.49. The highest BCUT2D eigenvalue weighted by atomic mass is 16.6. The van der Waals surface area contributed by atoms with Crippen LogP contribution in [0.15, 0.2) is 103 Å². The summed E-state index contributed by atoms with van der Waals surface area (Å²) in [6.45, 7) is 3.83. The number of non-ortho nitro benzene ring substituents is 1. The fraction of sp³-hybridized carbons (Fsp3) is 0.194. The van der Waals surface area contributed by atoms with Gasteiger partial charge in [0.15, 0.2) is 11.6 Å². The zero-order valence-electron chi connectivity index (χ0n) is 24.5. The molecule has 0 unspecified atom stereocenters. The molecule has 0 aliphatic carbocycles. The number of nitrogens with zero attached hydrogens (tertiary/aromatic N) is 2. The maximum Gasteiger partial charge on any atom is 0.269 e. The predicted molar refractivity (Wildman–Crippen MR) is 168 cm³/mol. The molecular weight excluding hydrogens is 570 g/mol. The third kappa shape index (κ3) is 4.26. The van der Waals surface area contributed by atoms with Gasteiger partial charge >= 0.3 is 0 Å². The maximum atomic E-state index is 14.8. The van der Waals surface area contributed by atoms with Gasteiger partial charge in [-0.15, -0.1) is 0 Å². The van der Waals surface area contributed by atoms with E-state index in [0.717, 1.165) is 11.1 Å². The summed E-state index contributed by atoms with van der Waals surface area (Å²) in [6.07, 6.45) is 3.66. The molecule has 0 bridgehead atoms. The lowest BCUT2D eigenvalue weighted by molar-refractivity contribution is -0.384. The molecule has 1 spiro atoms. The SMILES string of the molecule is CC(C)Oc1ccc(C(=O)[C@@H]2[C@@H](C(=O)c3ccc([N+](=O)[O-])cc3)[C@]3(C(=O)Nc4ccccc43)[C@H]3c4ccccc4C=CN23)cc1. The Morgan fingerprint density at radius 1 is 0.889 bits per heavy atom. The van der Waals surface area contributed by atoms with Crippen LogP contribution in [0, 0.1) is 16.0 Å². The van der Waals surface area contributed by atoms with Gasteiger partial charge in [-0.1, -0.05) is 42.5 Å². The summed E-state index contributed by atoms with van der Waals surface area (Å²) in [5.74, 6) is -1.72. The summed E-state index contributed by atoms with van der Waals surface area (Å²) in [4.78, 5) is 56.8. The van der Waals surface area contributed by atoms with Gasteiger partial charge in [0.2, 0.25) is 5.91 Å². The Bertz CT molecular complexity index is 1900. The minimum absolute atomic E-state index is 0.0507. The van der Waals surface area contributed by atoms with Crippen molar-refractivity contribution in [3.8, 4) is 5.75 Å². The lowest BCUT2D eigenvalue weighted by atomic mass is 9.62. The van der Waals surface area contributed by atoms with Gasteiger partial charge in [0.1, 0.15) is 17.2 Å². The Labute approximate surface area is 259 Å². The standard InChI is InChI=1S/C36H29N3O6/c1-21(2)45-26-17-13-24(14-18-26)33(41)31-30(32(40)23-11-15-25(16-12-23)39(43)44)36(28-9-5-6-10-29(28)37-35(36)42)34-27-8-4-3-7-22(27)19-20-38(31)34/h3-21,30-31,34H,1-2H3,(H,37,42)/t30-,31-,34+,36-/m0/s1. The second-order valence-corrected chi connectivity index (χ2v) is 11.8. The number of benzene rings is 4. The molecule has 7 rings (SSSR count). The zero-order chi connectivity index (χ0) is 31.5. The summed E-state index contributed by atoms with van der Waals surface area (Å²) in [6, 6.07) is 25.3. The molecule has 1 fully saturated rings. The van der Waals surface area contributed by atoms with Gasteiger partial charge in [0.25, 0.3) is 5.69 Å². The van der Waals surface area contributed by atoms with E-state index in [4.69, 9.17) is 4.74 Å². The van der Waals surface area contributed by atoms with Crippen LogP contribution in [0.1, 0.15) is 57.3 Å². The number of rotatable bonds is 7. The van der Waals surface area contributed by atoms with Crippen molar-refractivity contribution in [2.24, 2.45) is 5.92 Å². The van der Waals surface area contributed by atoms with Gasteiger partial charge in [-0.2, -0.15) is 0 Å². The summed E-state index contributed by atoms with van der Waals surface area (Å²) in [7, 11) is 0. The molecule has 3 aliphatic heterocycles. The van der Waals surface area contributed by atoms with E-state index >= 15 is 0 Å². The van der Waals surface area contributed by atoms with Crippen LogP contribution in [0.3, 0.4) is 0 Å². The number of ketones is 2. The number of nitro groups is 1. The molecule has 9 nitrogen and oxygen atoms in total. The smallest absolute Gasteiger partial charge is 0.269 e. The Kier molecular flexibility index (Phi) is 6.62. The second kappa shape index (κ2) is 10.6. The van der Waals surface area contributed by atoms with Crippen molar-refractivity contribution < 1.29 is 24.0 Å². The maximum absolute atomic E-state index is 14.8. The van der Waals surface area contributed by atoms with Gasteiger partial charge in [-0.05, 0) is 79.1 Å². The van der Waals surface area contributed by atoms with E-state index in [1.54, 1.807) is 30.3 Å². The first-order valence-electron chi connectivity index (χ1n) is 14.8. The highest BCUT2D eigenvalue weighted by Crippen LogP contribution is 2.62. The monoisotopic (exact) mass is 599 g/mol. The molecule has 4 atom stereocenters. The highest BCUT2D eigenvalue weighted by molar-refractivity contribution is 6.16. The topological polar surface area (TPSA) is 119 Å². The fourth-order valence-corrected chi connectivity index (χ4v) is 7.24. The zero-order valence-corrected chi connectivity index (χ0v) is 24.5. The number of hydrogen-bond donors (Lipinski definition) is 1. The number of carbonyl (C=O) groups excluding carboxylic acids is 3. The molecule has 4 aromatic rings. The Hall–Kier alpha value is -5.57. The summed E-state index contributed by atoms with van der Waals surface area (Å²) >= 11 is 0. The summed E-state index contributed by atoms with van der Waals surface area (Å²) in [5, 5.41) is 14.4. The van der Waals surface area contributed by atoms with Crippen molar-refractivity contribution in [3.05, 3.63) is 141 Å². The summed E-state index contributed by atoms with van der Waals surface area (Å²) < 4.78 is 5.78. The molecule has 0 saturated carbocycles. The lowest BCUT2D eigenvalue weighted by Gasteiger charge is -2.38. The third-order valence-electron chi connectivity index (χ3n) is 8.99. The van der Waals surface area contributed by atoms with Crippen molar-refractivity contribution in [1.82, 2.24) is 4.90 Å². The van der Waals surface area contributed by atoms with Crippen molar-refractivity contribution in [1.29, 1.82) is 0 Å². The number of hydrogen-bond acceptors (Lipinski definition) is 7. The van der Waals surface area contributed by atoms with Crippen LogP contribution in [-0.2, 0) is 10.2 Å². The van der Waals surface area contributed by atoms with E-state index in [1.165, 1.54) is 24.3 Å². The number of nitrogens with one attached hydrogen (secondary N) is 1. The van der Waals surface area contributed by atoms with E-state index in [-0.39, 0.29) is 29.0 Å². The number of fused-ring (bicyclic) bond motifs is 6. The quantitative estimate of drug-likeness (QED) is 0.149. The molecule has 3 aliphatic rings. The number of carbonyl (C=O) groups is 3. The van der Waals surface area contributed by atoms with Gasteiger partial charge in [0, 0.05) is 35.1 Å². The molecule has 1 amide bonds. The van der Waals surface area contributed by atoms with Crippen LogP contribution < -0.4 is 10.1 Å². The van der Waals surface area contributed by atoms with Crippen LogP contribution in [0.5, 0.6) is 5.75 Å². The Morgan fingerprint density at radius 3 is 2.24 bits per heavy atom. The fourth-order valence-electron chi connectivity index (χ4n) is 7.24. The second-order valence-electron chi connectivity index (χ2n) is 11.8. The Balaban J connectivity index is 1.46. The van der Waals surface area contributed by atoms with Crippen molar-refractivity contribution >= 4 is 34.9 Å². The van der Waals surface area contributed by atoms with E-state index in [9.17, 15) is 24.5 Å². The molecule has 3 heterocycles. The molecule has 9 heteroatoms. The first kappa shape index (κ1) is 28.2. The number of nitro benzene ring substituents is 1. The van der Waals surface area contributed by atoms with Crippen molar-refractivity contribution in [2.75, 3.05) is 5.32 Å². The highest BCUT2D eigenvalue weighted by Gasteiger charge is 2.70. The van der Waals surface area contributed by atoms with Crippen LogP contribution in [0.2, 0.25) is 0 Å². The average molecular weight is 600 g/mol. The Morgan fingerprint density at radius 2 is 1.53 bits per heavy atom.